The molecule has 6 nitrogen and oxygen atoms in total. The van der Waals surface area contributed by atoms with Gasteiger partial charge in [-0.25, -0.2) is 14.2 Å². The zero-order valence-corrected chi connectivity index (χ0v) is 20.3. The van der Waals surface area contributed by atoms with E-state index in [2.05, 4.69) is 24.2 Å². The molecule has 34 heavy (non-hydrogen) atoms. The highest BCUT2D eigenvalue weighted by atomic mass is 32.2. The molecule has 8 heteroatoms. The number of amides is 1. The number of amidine groups is 1. The molecule has 0 aromatic heterocycles. The number of carbonyl (C=O) groups excluding carboxylic acids is 2. The number of nitrogens with one attached hydrogen (secondary N) is 1. The van der Waals surface area contributed by atoms with E-state index in [0.717, 1.165) is 5.56 Å². The molecule has 0 fully saturated rings. The van der Waals surface area contributed by atoms with Crippen LogP contribution in [0.4, 0.5) is 10.1 Å². The Morgan fingerprint density at radius 3 is 2.53 bits per heavy atom. The van der Waals surface area contributed by atoms with E-state index in [1.165, 1.54) is 36.6 Å². The van der Waals surface area contributed by atoms with Crippen LogP contribution in [0, 0.1) is 5.82 Å². The van der Waals surface area contributed by atoms with Crippen LogP contribution in [-0.4, -0.2) is 29.1 Å². The number of hydrogen-bond acceptors (Lipinski definition) is 6. The fraction of sp³-hybridized carbons (Fsp3) is 0.269. The number of methoxy groups -OCH3 is 1. The van der Waals surface area contributed by atoms with Gasteiger partial charge in [0.25, 0.3) is 0 Å². The molecule has 2 heterocycles. The second-order valence-corrected chi connectivity index (χ2v) is 9.25. The van der Waals surface area contributed by atoms with Crippen LogP contribution in [0.2, 0.25) is 0 Å². The molecule has 0 bridgehead atoms. The number of fused-ring (bicyclic) bond motifs is 1. The van der Waals surface area contributed by atoms with Crippen molar-refractivity contribution in [2.45, 2.75) is 39.2 Å². The molecule has 0 aliphatic carbocycles. The van der Waals surface area contributed by atoms with Gasteiger partial charge in [-0.2, -0.15) is 0 Å². The molecule has 4 rings (SSSR count). The minimum absolute atomic E-state index is 0.00552. The Kier molecular flexibility index (Phi) is 6.88. The smallest absolute Gasteiger partial charge is 0.338 e. The molecule has 1 unspecified atom stereocenters. The van der Waals surface area contributed by atoms with Gasteiger partial charge in [0, 0.05) is 5.70 Å². The number of rotatable bonds is 6. The van der Waals surface area contributed by atoms with Gasteiger partial charge in [-0.1, -0.05) is 62.0 Å². The van der Waals surface area contributed by atoms with E-state index >= 15 is 0 Å². The minimum Gasteiger partial charge on any atom is -0.466 e. The first kappa shape index (κ1) is 23.8. The molecule has 0 saturated heterocycles. The van der Waals surface area contributed by atoms with Crippen LogP contribution in [0.15, 0.2) is 75.9 Å². The average Bonchev–Trinajstić information content (AvgIpc) is 3.21. The lowest BCUT2D eigenvalue weighted by molar-refractivity contribution is -0.136. The predicted octanol–water partition coefficient (Wildman–Crippen LogP) is 5.73. The number of aliphatic imine (C=N–C) groups is 1. The number of carbonyl (C=O) groups is 2. The van der Waals surface area contributed by atoms with E-state index in [4.69, 9.17) is 4.74 Å². The van der Waals surface area contributed by atoms with Crippen LogP contribution >= 0.6 is 11.8 Å². The summed E-state index contributed by atoms with van der Waals surface area (Å²) in [4.78, 5) is 32.1. The highest BCUT2D eigenvalue weighted by molar-refractivity contribution is 8.16. The number of ether oxygens (including phenoxy) is 1. The Hall–Kier alpha value is -3.39. The Labute approximate surface area is 202 Å². The summed E-state index contributed by atoms with van der Waals surface area (Å²) in [5.74, 6) is -0.960. The molecule has 2 aliphatic heterocycles. The zero-order chi connectivity index (χ0) is 24.4. The summed E-state index contributed by atoms with van der Waals surface area (Å²) < 4.78 is 19.1. The number of halogens is 1. The van der Waals surface area contributed by atoms with Crippen molar-refractivity contribution in [3.63, 3.8) is 0 Å². The number of anilines is 1. The van der Waals surface area contributed by atoms with E-state index in [0.29, 0.717) is 28.1 Å². The summed E-state index contributed by atoms with van der Waals surface area (Å²) in [5, 5.41) is 5.15. The predicted molar refractivity (Wildman–Crippen MR) is 133 cm³/mol. The van der Waals surface area contributed by atoms with Crippen molar-refractivity contribution in [3.8, 4) is 0 Å². The van der Waals surface area contributed by atoms with Crippen molar-refractivity contribution >= 4 is 34.5 Å². The average molecular weight is 480 g/mol. The second kappa shape index (κ2) is 9.85. The van der Waals surface area contributed by atoms with Gasteiger partial charge < -0.3 is 15.0 Å². The maximum absolute atomic E-state index is 14.0. The number of esters is 1. The molecule has 2 aromatic rings. The fourth-order valence-corrected chi connectivity index (χ4v) is 5.01. The van der Waals surface area contributed by atoms with Crippen LogP contribution in [0.5, 0.6) is 0 Å². The van der Waals surface area contributed by atoms with Crippen LogP contribution in [0.3, 0.4) is 0 Å². The number of nitrogens with zero attached hydrogens (tertiary/aromatic N) is 2. The molecular formula is C26H26FN3O3S. The van der Waals surface area contributed by atoms with E-state index in [9.17, 15) is 14.0 Å². The molecule has 2 aromatic carbocycles. The number of allylic oxidation sites excluding steroid dienone is 1. The highest BCUT2D eigenvalue weighted by Gasteiger charge is 2.41. The quantitative estimate of drug-likeness (QED) is 0.536. The number of benzene rings is 2. The van der Waals surface area contributed by atoms with E-state index < -0.39 is 17.8 Å². The Bertz CT molecular complexity index is 1220. The lowest BCUT2D eigenvalue weighted by atomic mass is 9.92. The van der Waals surface area contributed by atoms with Crippen molar-refractivity contribution in [2.24, 2.45) is 4.99 Å². The third-order valence-electron chi connectivity index (χ3n) is 5.81. The van der Waals surface area contributed by atoms with Crippen LogP contribution in [-0.2, 0) is 14.3 Å². The van der Waals surface area contributed by atoms with Crippen LogP contribution in [0.25, 0.3) is 0 Å². The molecule has 1 N–H and O–H groups in total. The monoisotopic (exact) mass is 479 g/mol. The molecule has 0 radical (unpaired) electrons. The molecule has 0 spiro atoms. The maximum Gasteiger partial charge on any atom is 0.338 e. The summed E-state index contributed by atoms with van der Waals surface area (Å²) in [7, 11) is 1.35. The number of thioether (sulfide) groups is 1. The van der Waals surface area contributed by atoms with Gasteiger partial charge >= 0.3 is 5.97 Å². The molecule has 2 aliphatic rings. The van der Waals surface area contributed by atoms with Crippen molar-refractivity contribution in [1.29, 1.82) is 0 Å². The fourth-order valence-electron chi connectivity index (χ4n) is 4.04. The molecule has 0 saturated carbocycles. The Morgan fingerprint density at radius 2 is 1.88 bits per heavy atom. The first-order valence-corrected chi connectivity index (χ1v) is 11.8. The van der Waals surface area contributed by atoms with Crippen molar-refractivity contribution in [1.82, 2.24) is 4.90 Å². The van der Waals surface area contributed by atoms with Gasteiger partial charge in [-0.05, 0) is 41.5 Å². The third kappa shape index (κ3) is 4.63. The van der Waals surface area contributed by atoms with Gasteiger partial charge in [-0.15, -0.1) is 0 Å². The SMILES string of the molecule is COC(=O)C1=C(C)N=C2SC=C(CC(=O)Nc3ccccc3F)N2C1c1ccc(C(C)C)cc1. The molecular weight excluding hydrogens is 453 g/mol. The van der Waals surface area contributed by atoms with E-state index in [1.54, 1.807) is 19.1 Å². The Balaban J connectivity index is 1.67. The van der Waals surface area contributed by atoms with Gasteiger partial charge in [0.1, 0.15) is 5.82 Å². The van der Waals surface area contributed by atoms with Crippen molar-refractivity contribution < 1.29 is 18.7 Å². The van der Waals surface area contributed by atoms with E-state index in [1.807, 2.05) is 34.6 Å². The van der Waals surface area contributed by atoms with E-state index in [-0.39, 0.29) is 18.0 Å². The standard InChI is InChI=1S/C26H26FN3O3S/c1-15(2)17-9-11-18(12-10-17)24-23(25(32)33-4)16(3)28-26-30(24)19(14-34-26)13-22(31)29-21-8-6-5-7-20(21)27/h5-12,14-15,24H,13H2,1-4H3,(H,29,31). The molecule has 1 amide bonds. The van der Waals surface area contributed by atoms with Gasteiger partial charge in [0.2, 0.25) is 5.91 Å². The first-order chi connectivity index (χ1) is 16.3. The van der Waals surface area contributed by atoms with Gasteiger partial charge in [0.05, 0.1) is 36.5 Å². The number of para-hydroxylation sites is 1. The summed E-state index contributed by atoms with van der Waals surface area (Å²) in [6, 6.07) is 13.6. The highest BCUT2D eigenvalue weighted by Crippen LogP contribution is 2.45. The zero-order valence-electron chi connectivity index (χ0n) is 19.5. The maximum atomic E-state index is 14.0. The first-order valence-electron chi connectivity index (χ1n) is 11.0. The summed E-state index contributed by atoms with van der Waals surface area (Å²) in [6.45, 7) is 6.03. The lowest BCUT2D eigenvalue weighted by Gasteiger charge is -2.36. The van der Waals surface area contributed by atoms with Crippen molar-refractivity contribution in [2.75, 3.05) is 12.4 Å². The van der Waals surface area contributed by atoms with Gasteiger partial charge in [-0.3, -0.25) is 4.79 Å². The van der Waals surface area contributed by atoms with Crippen molar-refractivity contribution in [3.05, 3.63) is 87.9 Å². The third-order valence-corrected chi connectivity index (χ3v) is 6.70. The summed E-state index contributed by atoms with van der Waals surface area (Å²) in [6.07, 6.45) is -0.00552. The van der Waals surface area contributed by atoms with Gasteiger partial charge in [0.15, 0.2) is 5.17 Å². The minimum atomic E-state index is -0.500. The largest absolute Gasteiger partial charge is 0.466 e. The lowest BCUT2D eigenvalue weighted by Crippen LogP contribution is -2.37. The second-order valence-electron chi connectivity index (χ2n) is 8.41. The number of hydrogen-bond donors (Lipinski definition) is 1. The summed E-state index contributed by atoms with van der Waals surface area (Å²) >= 11 is 1.39. The Morgan fingerprint density at radius 1 is 1.18 bits per heavy atom. The van der Waals surface area contributed by atoms with Crippen LogP contribution < -0.4 is 5.32 Å². The molecule has 176 valence electrons. The van der Waals surface area contributed by atoms with Crippen LogP contribution in [0.1, 0.15) is 50.3 Å². The topological polar surface area (TPSA) is 71.0 Å². The normalized spacial score (nSPS) is 17.4. The molecule has 1 atom stereocenters. The summed E-state index contributed by atoms with van der Waals surface area (Å²) in [5.41, 5.74) is 3.87.